The van der Waals surface area contributed by atoms with E-state index in [1.165, 1.54) is 6.20 Å². The molecule has 148 valence electrons. The molecule has 0 spiro atoms. The average Bonchev–Trinajstić information content (AvgIpc) is 3.28. The number of hydrogen-bond donors (Lipinski definition) is 3. The largest absolute Gasteiger partial charge is 0.416 e. The lowest BCUT2D eigenvalue weighted by molar-refractivity contribution is -0.137. The first kappa shape index (κ1) is 18.8. The lowest BCUT2D eigenvalue weighted by Gasteiger charge is -2.10. The van der Waals surface area contributed by atoms with Gasteiger partial charge in [0, 0.05) is 17.3 Å². The highest BCUT2D eigenvalue weighted by Crippen LogP contribution is 2.32. The van der Waals surface area contributed by atoms with Crippen LogP contribution >= 0.6 is 11.3 Å². The van der Waals surface area contributed by atoms with Gasteiger partial charge in [0.1, 0.15) is 5.82 Å². The van der Waals surface area contributed by atoms with E-state index in [0.29, 0.717) is 28.4 Å². The van der Waals surface area contributed by atoms with Crippen LogP contribution in [-0.4, -0.2) is 26.2 Å². The van der Waals surface area contributed by atoms with E-state index in [2.05, 4.69) is 30.8 Å². The number of carbonyl (C=O) groups is 1. The number of rotatable bonds is 3. The lowest BCUT2D eigenvalue weighted by Crippen LogP contribution is -2.20. The molecule has 0 radical (unpaired) electrons. The minimum absolute atomic E-state index is 0.191. The molecule has 0 aliphatic heterocycles. The van der Waals surface area contributed by atoms with E-state index < -0.39 is 23.6 Å². The first-order valence-electron chi connectivity index (χ1n) is 8.00. The molecule has 0 aliphatic rings. The van der Waals surface area contributed by atoms with Crippen molar-refractivity contribution in [3.63, 3.8) is 0 Å². The zero-order valence-corrected chi connectivity index (χ0v) is 15.0. The van der Waals surface area contributed by atoms with Gasteiger partial charge in [-0.05, 0) is 30.3 Å². The monoisotopic (exact) mass is 422 g/mol. The molecule has 3 N–H and O–H groups in total. The molecule has 7 nitrogen and oxygen atoms in total. The summed E-state index contributed by atoms with van der Waals surface area (Å²) in [6.45, 7) is 0. The van der Waals surface area contributed by atoms with Crippen molar-refractivity contribution in [1.82, 2.24) is 20.2 Å². The molecule has 0 aliphatic carbocycles. The maximum absolute atomic E-state index is 13.4. The van der Waals surface area contributed by atoms with Crippen molar-refractivity contribution in [2.45, 2.75) is 6.18 Å². The number of hydrogen-bond acceptors (Lipinski definition) is 5. The number of halogens is 4. The predicted octanol–water partition coefficient (Wildman–Crippen LogP) is 4.88. The van der Waals surface area contributed by atoms with Crippen molar-refractivity contribution in [3.05, 3.63) is 54.1 Å². The van der Waals surface area contributed by atoms with Gasteiger partial charge in [-0.1, -0.05) is 11.3 Å². The second-order valence-corrected chi connectivity index (χ2v) is 6.87. The van der Waals surface area contributed by atoms with Crippen LogP contribution in [0.4, 0.5) is 33.2 Å². The standard InChI is InChI=1S/C17H10F4N6OS/c18-10-3-9(17(19,20)21)4-11(5-10)24-15(28)26-16-22-7-13(29-16)12-2-1-8-6-23-27-14(8)25-12/h1-7H,(H,23,25,27)(H2,22,24,26,28). The Morgan fingerprint density at radius 1 is 1.10 bits per heavy atom. The number of thiazole rings is 1. The van der Waals surface area contributed by atoms with Gasteiger partial charge < -0.3 is 5.32 Å². The number of fused-ring (bicyclic) bond motifs is 1. The molecular formula is C17H10F4N6OS. The van der Waals surface area contributed by atoms with Crippen LogP contribution in [0.3, 0.4) is 0 Å². The number of pyridine rings is 1. The second-order valence-electron chi connectivity index (χ2n) is 5.84. The van der Waals surface area contributed by atoms with Crippen LogP contribution in [-0.2, 0) is 6.18 Å². The van der Waals surface area contributed by atoms with Crippen molar-refractivity contribution >= 4 is 39.2 Å². The summed E-state index contributed by atoms with van der Waals surface area (Å²) < 4.78 is 51.7. The third-order valence-electron chi connectivity index (χ3n) is 3.76. The van der Waals surface area contributed by atoms with Crippen LogP contribution in [0, 0.1) is 5.82 Å². The van der Waals surface area contributed by atoms with Crippen LogP contribution in [0.1, 0.15) is 5.56 Å². The summed E-state index contributed by atoms with van der Waals surface area (Å²) in [5.74, 6) is -1.12. The number of anilines is 2. The molecular weight excluding hydrogens is 412 g/mol. The summed E-state index contributed by atoms with van der Waals surface area (Å²) in [5.41, 5.74) is -0.343. The molecule has 0 fully saturated rings. The van der Waals surface area contributed by atoms with Crippen LogP contribution in [0.15, 0.2) is 42.7 Å². The molecule has 0 saturated carbocycles. The molecule has 29 heavy (non-hydrogen) atoms. The molecule has 0 atom stereocenters. The maximum Gasteiger partial charge on any atom is 0.416 e. The van der Waals surface area contributed by atoms with E-state index in [4.69, 9.17) is 0 Å². The van der Waals surface area contributed by atoms with Gasteiger partial charge in [-0.3, -0.25) is 10.4 Å². The van der Waals surface area contributed by atoms with E-state index in [1.807, 2.05) is 6.07 Å². The normalized spacial score (nSPS) is 11.6. The number of amides is 2. The van der Waals surface area contributed by atoms with Crippen LogP contribution in [0.2, 0.25) is 0 Å². The number of nitrogens with one attached hydrogen (secondary N) is 3. The van der Waals surface area contributed by atoms with Gasteiger partial charge in [-0.25, -0.2) is 19.2 Å². The van der Waals surface area contributed by atoms with Crippen molar-refractivity contribution in [3.8, 4) is 10.6 Å². The first-order valence-corrected chi connectivity index (χ1v) is 8.82. The SMILES string of the molecule is O=C(Nc1cc(F)cc(C(F)(F)F)c1)Nc1ncc(-c2ccc3cn[nH]c3n2)s1. The Labute approximate surface area is 163 Å². The lowest BCUT2D eigenvalue weighted by atomic mass is 10.2. The molecule has 0 unspecified atom stereocenters. The van der Waals surface area contributed by atoms with Crippen molar-refractivity contribution < 1.29 is 22.4 Å². The third kappa shape index (κ3) is 4.16. The molecule has 1 aromatic carbocycles. The van der Waals surface area contributed by atoms with E-state index >= 15 is 0 Å². The van der Waals surface area contributed by atoms with Gasteiger partial charge in [0.15, 0.2) is 10.8 Å². The molecule has 0 saturated heterocycles. The Morgan fingerprint density at radius 2 is 1.93 bits per heavy atom. The average molecular weight is 422 g/mol. The van der Waals surface area contributed by atoms with Crippen molar-refractivity contribution in [1.29, 1.82) is 0 Å². The highest BCUT2D eigenvalue weighted by atomic mass is 32.1. The van der Waals surface area contributed by atoms with Gasteiger partial charge >= 0.3 is 12.2 Å². The second kappa shape index (κ2) is 7.13. The summed E-state index contributed by atoms with van der Waals surface area (Å²) in [7, 11) is 0. The number of benzene rings is 1. The fourth-order valence-electron chi connectivity index (χ4n) is 2.50. The number of H-pyrrole nitrogens is 1. The number of nitrogens with zero attached hydrogens (tertiary/aromatic N) is 3. The quantitative estimate of drug-likeness (QED) is 0.410. The minimum Gasteiger partial charge on any atom is -0.308 e. The Bertz CT molecular complexity index is 1200. The Hall–Kier alpha value is -3.54. The van der Waals surface area contributed by atoms with Crippen LogP contribution < -0.4 is 10.6 Å². The van der Waals surface area contributed by atoms with Crippen LogP contribution in [0.25, 0.3) is 21.6 Å². The Morgan fingerprint density at radius 3 is 2.72 bits per heavy atom. The maximum atomic E-state index is 13.4. The third-order valence-corrected chi connectivity index (χ3v) is 4.70. The molecule has 2 amide bonds. The number of urea groups is 1. The Balaban J connectivity index is 1.47. The summed E-state index contributed by atoms with van der Waals surface area (Å²) in [5, 5.41) is 12.2. The molecule has 12 heteroatoms. The van der Waals surface area contributed by atoms with E-state index in [0.717, 1.165) is 22.8 Å². The topological polar surface area (TPSA) is 95.6 Å². The zero-order chi connectivity index (χ0) is 20.6. The van der Waals surface area contributed by atoms with Crippen LogP contribution in [0.5, 0.6) is 0 Å². The highest BCUT2D eigenvalue weighted by molar-refractivity contribution is 7.19. The number of aromatic amines is 1. The molecule has 4 aromatic rings. The molecule has 3 aromatic heterocycles. The number of aromatic nitrogens is 4. The van der Waals surface area contributed by atoms with E-state index in [9.17, 15) is 22.4 Å². The fourth-order valence-corrected chi connectivity index (χ4v) is 3.28. The number of alkyl halides is 3. The van der Waals surface area contributed by atoms with Crippen molar-refractivity contribution in [2.75, 3.05) is 10.6 Å². The summed E-state index contributed by atoms with van der Waals surface area (Å²) in [6, 6.07) is 4.50. The first-order chi connectivity index (χ1) is 13.8. The molecule has 3 heterocycles. The van der Waals surface area contributed by atoms with Gasteiger partial charge in [0.05, 0.1) is 22.3 Å². The number of carbonyl (C=O) groups excluding carboxylic acids is 1. The Kier molecular flexibility index (Phi) is 4.62. The van der Waals surface area contributed by atoms with Gasteiger partial charge in [0.2, 0.25) is 0 Å². The summed E-state index contributed by atoms with van der Waals surface area (Å²) >= 11 is 1.11. The van der Waals surface area contributed by atoms with E-state index in [-0.39, 0.29) is 10.8 Å². The minimum atomic E-state index is -4.73. The van der Waals surface area contributed by atoms with E-state index in [1.54, 1.807) is 12.3 Å². The van der Waals surface area contributed by atoms with Gasteiger partial charge in [-0.2, -0.15) is 18.3 Å². The van der Waals surface area contributed by atoms with Gasteiger partial charge in [0.25, 0.3) is 0 Å². The highest BCUT2D eigenvalue weighted by Gasteiger charge is 2.31. The van der Waals surface area contributed by atoms with Gasteiger partial charge in [-0.15, -0.1) is 0 Å². The fraction of sp³-hybridized carbons (Fsp3) is 0.0588. The zero-order valence-electron chi connectivity index (χ0n) is 14.2. The molecule has 0 bridgehead atoms. The predicted molar refractivity (Wildman–Crippen MR) is 99.0 cm³/mol. The van der Waals surface area contributed by atoms with Crippen molar-refractivity contribution in [2.24, 2.45) is 0 Å². The smallest absolute Gasteiger partial charge is 0.308 e. The summed E-state index contributed by atoms with van der Waals surface area (Å²) in [4.78, 5) is 21.1. The molecule has 4 rings (SSSR count). The summed E-state index contributed by atoms with van der Waals surface area (Å²) in [6.07, 6.45) is -1.61.